The number of aromatic nitrogens is 1. The Kier molecular flexibility index (Phi) is 6.32. The molecule has 28 heavy (non-hydrogen) atoms. The van der Waals surface area contributed by atoms with E-state index in [-0.39, 0.29) is 5.91 Å². The maximum atomic E-state index is 12.4. The van der Waals surface area contributed by atoms with Gasteiger partial charge in [0.25, 0.3) is 5.91 Å². The van der Waals surface area contributed by atoms with Crippen molar-refractivity contribution in [2.45, 2.75) is 26.9 Å². The standard InChI is InChI=1S/C22H24N2O4/c1-15-21(16(2)28-24-15)14-27-20-6-4-5-18(13-20)22(25)23-12-11-17-7-9-19(26-3)10-8-17/h4-10,13H,11-12,14H2,1-3H3,(H,23,25). The summed E-state index contributed by atoms with van der Waals surface area (Å²) in [7, 11) is 1.64. The molecule has 1 N–H and O–H groups in total. The van der Waals surface area contributed by atoms with Gasteiger partial charge in [0.1, 0.15) is 23.9 Å². The predicted octanol–water partition coefficient (Wildman–Crippen LogP) is 3.85. The van der Waals surface area contributed by atoms with Gasteiger partial charge in [0, 0.05) is 12.1 Å². The lowest BCUT2D eigenvalue weighted by atomic mass is 10.1. The number of rotatable bonds is 8. The summed E-state index contributed by atoms with van der Waals surface area (Å²) in [5.41, 5.74) is 3.43. The average Bonchev–Trinajstić information content (AvgIpc) is 3.04. The van der Waals surface area contributed by atoms with Gasteiger partial charge in [-0.1, -0.05) is 23.4 Å². The molecule has 6 nitrogen and oxygen atoms in total. The Hall–Kier alpha value is -3.28. The molecule has 0 spiro atoms. The number of amides is 1. The molecule has 0 aliphatic carbocycles. The second-order valence-corrected chi connectivity index (χ2v) is 6.47. The molecule has 3 aromatic rings. The lowest BCUT2D eigenvalue weighted by Crippen LogP contribution is -2.25. The lowest BCUT2D eigenvalue weighted by Gasteiger charge is -2.09. The van der Waals surface area contributed by atoms with Gasteiger partial charge >= 0.3 is 0 Å². The Balaban J connectivity index is 1.53. The third-order valence-corrected chi connectivity index (χ3v) is 4.52. The predicted molar refractivity (Wildman–Crippen MR) is 106 cm³/mol. The van der Waals surface area contributed by atoms with Crippen molar-refractivity contribution in [1.29, 1.82) is 0 Å². The number of carbonyl (C=O) groups is 1. The molecule has 0 bridgehead atoms. The summed E-state index contributed by atoms with van der Waals surface area (Å²) in [6, 6.07) is 15.0. The van der Waals surface area contributed by atoms with E-state index < -0.39 is 0 Å². The first kappa shape index (κ1) is 19.5. The minimum Gasteiger partial charge on any atom is -0.497 e. The summed E-state index contributed by atoms with van der Waals surface area (Å²) in [4.78, 5) is 12.4. The van der Waals surface area contributed by atoms with E-state index in [1.807, 2.05) is 44.2 Å². The Morgan fingerprint density at radius 1 is 1.11 bits per heavy atom. The molecular weight excluding hydrogens is 356 g/mol. The molecule has 0 radical (unpaired) electrons. The van der Waals surface area contributed by atoms with Crippen molar-refractivity contribution in [3.8, 4) is 11.5 Å². The number of methoxy groups -OCH3 is 1. The molecule has 1 amide bonds. The van der Waals surface area contributed by atoms with E-state index in [9.17, 15) is 4.79 Å². The maximum Gasteiger partial charge on any atom is 0.251 e. The molecule has 2 aromatic carbocycles. The second kappa shape index (κ2) is 9.08. The van der Waals surface area contributed by atoms with Crippen LogP contribution >= 0.6 is 0 Å². The van der Waals surface area contributed by atoms with Crippen molar-refractivity contribution in [3.63, 3.8) is 0 Å². The van der Waals surface area contributed by atoms with Gasteiger partial charge in [-0.05, 0) is 56.2 Å². The van der Waals surface area contributed by atoms with E-state index in [2.05, 4.69) is 10.5 Å². The number of benzene rings is 2. The number of ether oxygens (including phenoxy) is 2. The quantitative estimate of drug-likeness (QED) is 0.642. The van der Waals surface area contributed by atoms with Gasteiger partial charge in [0.05, 0.1) is 18.4 Å². The molecule has 3 rings (SSSR count). The summed E-state index contributed by atoms with van der Waals surface area (Å²) < 4.78 is 16.1. The first-order chi connectivity index (χ1) is 13.6. The van der Waals surface area contributed by atoms with Crippen molar-refractivity contribution >= 4 is 5.91 Å². The molecule has 0 unspecified atom stereocenters. The number of carbonyl (C=O) groups excluding carboxylic acids is 1. The first-order valence-corrected chi connectivity index (χ1v) is 9.12. The smallest absolute Gasteiger partial charge is 0.251 e. The van der Waals surface area contributed by atoms with Crippen LogP contribution in [0.4, 0.5) is 0 Å². The van der Waals surface area contributed by atoms with E-state index in [0.717, 1.165) is 34.8 Å². The minimum absolute atomic E-state index is 0.128. The fourth-order valence-electron chi connectivity index (χ4n) is 2.81. The van der Waals surface area contributed by atoms with Crippen LogP contribution in [0, 0.1) is 13.8 Å². The fourth-order valence-corrected chi connectivity index (χ4v) is 2.81. The van der Waals surface area contributed by atoms with Crippen molar-refractivity contribution in [1.82, 2.24) is 10.5 Å². The number of aryl methyl sites for hydroxylation is 2. The van der Waals surface area contributed by atoms with Gasteiger partial charge < -0.3 is 19.3 Å². The van der Waals surface area contributed by atoms with Gasteiger partial charge in [-0.2, -0.15) is 0 Å². The Bertz CT molecular complexity index is 912. The van der Waals surface area contributed by atoms with Crippen LogP contribution in [0.15, 0.2) is 53.1 Å². The van der Waals surface area contributed by atoms with E-state index >= 15 is 0 Å². The monoisotopic (exact) mass is 380 g/mol. The molecule has 0 saturated heterocycles. The van der Waals surface area contributed by atoms with Crippen LogP contribution in [-0.4, -0.2) is 24.7 Å². The van der Waals surface area contributed by atoms with E-state index in [1.165, 1.54) is 0 Å². The normalized spacial score (nSPS) is 10.5. The molecule has 0 saturated carbocycles. The van der Waals surface area contributed by atoms with Crippen LogP contribution in [0.1, 0.15) is 32.9 Å². The van der Waals surface area contributed by atoms with Gasteiger partial charge in [0.15, 0.2) is 0 Å². The van der Waals surface area contributed by atoms with Crippen LogP contribution in [-0.2, 0) is 13.0 Å². The zero-order valence-corrected chi connectivity index (χ0v) is 16.3. The van der Waals surface area contributed by atoms with Crippen LogP contribution in [0.5, 0.6) is 11.5 Å². The van der Waals surface area contributed by atoms with Gasteiger partial charge in [-0.25, -0.2) is 0 Å². The Labute approximate surface area is 164 Å². The SMILES string of the molecule is COc1ccc(CCNC(=O)c2cccc(OCc3c(C)noc3C)c2)cc1. The van der Waals surface area contributed by atoms with Crippen LogP contribution < -0.4 is 14.8 Å². The zero-order valence-electron chi connectivity index (χ0n) is 16.3. The molecular formula is C22H24N2O4. The number of nitrogens with one attached hydrogen (secondary N) is 1. The second-order valence-electron chi connectivity index (χ2n) is 6.47. The van der Waals surface area contributed by atoms with Crippen LogP contribution in [0.25, 0.3) is 0 Å². The van der Waals surface area contributed by atoms with Crippen molar-refractivity contribution in [2.75, 3.05) is 13.7 Å². The average molecular weight is 380 g/mol. The first-order valence-electron chi connectivity index (χ1n) is 9.12. The number of nitrogens with zero attached hydrogens (tertiary/aromatic N) is 1. The van der Waals surface area contributed by atoms with Crippen molar-refractivity contribution in [3.05, 3.63) is 76.7 Å². The van der Waals surface area contributed by atoms with Gasteiger partial charge in [-0.15, -0.1) is 0 Å². The minimum atomic E-state index is -0.128. The fraction of sp³-hybridized carbons (Fsp3) is 0.273. The van der Waals surface area contributed by atoms with E-state index in [4.69, 9.17) is 14.0 Å². The van der Waals surface area contributed by atoms with E-state index in [1.54, 1.807) is 25.3 Å². The highest BCUT2D eigenvalue weighted by molar-refractivity contribution is 5.94. The molecule has 0 aliphatic heterocycles. The molecule has 6 heteroatoms. The summed E-state index contributed by atoms with van der Waals surface area (Å²) in [5, 5.41) is 6.86. The summed E-state index contributed by atoms with van der Waals surface area (Å²) in [6.07, 6.45) is 0.748. The van der Waals surface area contributed by atoms with Crippen LogP contribution in [0.3, 0.4) is 0 Å². The highest BCUT2D eigenvalue weighted by Gasteiger charge is 2.11. The van der Waals surface area contributed by atoms with Gasteiger partial charge in [0.2, 0.25) is 0 Å². The van der Waals surface area contributed by atoms with Crippen molar-refractivity contribution in [2.24, 2.45) is 0 Å². The van der Waals surface area contributed by atoms with Crippen LogP contribution in [0.2, 0.25) is 0 Å². The molecule has 0 atom stereocenters. The summed E-state index contributed by atoms with van der Waals surface area (Å²) in [5.74, 6) is 2.06. The van der Waals surface area contributed by atoms with Gasteiger partial charge in [-0.3, -0.25) is 4.79 Å². The topological polar surface area (TPSA) is 73.6 Å². The third-order valence-electron chi connectivity index (χ3n) is 4.52. The molecule has 0 fully saturated rings. The molecule has 1 aromatic heterocycles. The van der Waals surface area contributed by atoms with E-state index in [0.29, 0.717) is 24.5 Å². The zero-order chi connectivity index (χ0) is 19.9. The lowest BCUT2D eigenvalue weighted by molar-refractivity contribution is 0.0953. The maximum absolute atomic E-state index is 12.4. The number of hydrogen-bond acceptors (Lipinski definition) is 5. The van der Waals surface area contributed by atoms with Crippen molar-refractivity contribution < 1.29 is 18.8 Å². The Morgan fingerprint density at radius 2 is 1.89 bits per heavy atom. The number of hydrogen-bond donors (Lipinski definition) is 1. The third kappa shape index (κ3) is 4.91. The highest BCUT2D eigenvalue weighted by Crippen LogP contribution is 2.18. The molecule has 1 heterocycles. The molecule has 146 valence electrons. The highest BCUT2D eigenvalue weighted by atomic mass is 16.5. The summed E-state index contributed by atoms with van der Waals surface area (Å²) in [6.45, 7) is 4.63. The Morgan fingerprint density at radius 3 is 2.57 bits per heavy atom. The largest absolute Gasteiger partial charge is 0.497 e. The summed E-state index contributed by atoms with van der Waals surface area (Å²) >= 11 is 0. The molecule has 0 aliphatic rings.